The fraction of sp³-hybridized carbons (Fsp3) is 0.444. The Labute approximate surface area is 198 Å². The van der Waals surface area contributed by atoms with Crippen LogP contribution in [-0.2, 0) is 15.5 Å². The third-order valence-electron chi connectivity index (χ3n) is 6.88. The van der Waals surface area contributed by atoms with Gasteiger partial charge in [-0.05, 0) is 86.4 Å². The predicted octanol–water partition coefficient (Wildman–Crippen LogP) is 5.35. The van der Waals surface area contributed by atoms with Crippen LogP contribution in [0.15, 0.2) is 59.6 Å². The van der Waals surface area contributed by atoms with Gasteiger partial charge in [0.1, 0.15) is 0 Å². The number of pyridine rings is 1. The summed E-state index contributed by atoms with van der Waals surface area (Å²) in [5.74, 6) is 0.862. The number of nitrogens with one attached hydrogen (secondary N) is 1. The Morgan fingerprint density at radius 2 is 1.76 bits per heavy atom. The number of aliphatic hydroxyl groups excluding tert-OH is 1. The van der Waals surface area contributed by atoms with Crippen LogP contribution in [0.4, 0.5) is 0 Å². The Kier molecular flexibility index (Phi) is 6.76. The Hall–Kier alpha value is -2.28. The molecule has 2 aliphatic rings. The summed E-state index contributed by atoms with van der Waals surface area (Å²) in [6, 6.07) is 16.6. The molecule has 0 bridgehead atoms. The standard InChI is InChI=1S/C27H32N2O3S/c1-18(30)21-4-9-26(28-17-21)27-11-10-25(29-27)24(16-19-12-14-32-15-13-19)20-2-5-22(6-3-20)33(31)23-7-8-23/h2-6,9-11,17-19,23-24,29-30H,7-8,12-16H2,1H3. The molecular formula is C27H32N2O3S. The number of hydrogen-bond donors (Lipinski definition) is 2. The summed E-state index contributed by atoms with van der Waals surface area (Å²) in [7, 11) is -0.873. The highest BCUT2D eigenvalue weighted by Crippen LogP contribution is 2.36. The van der Waals surface area contributed by atoms with E-state index in [1.807, 2.05) is 12.1 Å². The second-order valence-corrected chi connectivity index (χ2v) is 11.1. The van der Waals surface area contributed by atoms with Gasteiger partial charge in [-0.3, -0.25) is 9.19 Å². The fourth-order valence-corrected chi connectivity index (χ4v) is 6.00. The molecule has 2 fully saturated rings. The van der Waals surface area contributed by atoms with Crippen molar-refractivity contribution in [1.29, 1.82) is 0 Å². The lowest BCUT2D eigenvalue weighted by Gasteiger charge is -2.27. The van der Waals surface area contributed by atoms with E-state index in [0.717, 1.165) is 67.2 Å². The van der Waals surface area contributed by atoms with Gasteiger partial charge in [-0.2, -0.15) is 0 Å². The summed E-state index contributed by atoms with van der Waals surface area (Å²) in [5.41, 5.74) is 5.08. The third-order valence-corrected chi connectivity index (χ3v) is 8.69. The average Bonchev–Trinajstić information content (AvgIpc) is 3.59. The van der Waals surface area contributed by atoms with Crippen molar-refractivity contribution in [2.75, 3.05) is 13.2 Å². The number of ether oxygens (including phenoxy) is 1. The molecule has 5 nitrogen and oxygen atoms in total. The van der Waals surface area contributed by atoms with Gasteiger partial charge >= 0.3 is 0 Å². The lowest BCUT2D eigenvalue weighted by atomic mass is 9.83. The highest BCUT2D eigenvalue weighted by Gasteiger charge is 2.29. The lowest BCUT2D eigenvalue weighted by Crippen LogP contribution is -2.18. The summed E-state index contributed by atoms with van der Waals surface area (Å²) < 4.78 is 18.2. The Bertz CT molecular complexity index is 1080. The Morgan fingerprint density at radius 1 is 1.03 bits per heavy atom. The van der Waals surface area contributed by atoms with Gasteiger partial charge in [0.05, 0.1) is 28.3 Å². The maximum atomic E-state index is 12.6. The number of hydrogen-bond acceptors (Lipinski definition) is 4. The predicted molar refractivity (Wildman–Crippen MR) is 131 cm³/mol. The fourth-order valence-electron chi connectivity index (χ4n) is 4.64. The Balaban J connectivity index is 1.41. The molecule has 3 unspecified atom stereocenters. The minimum absolute atomic E-state index is 0.238. The molecule has 0 spiro atoms. The molecular weight excluding hydrogens is 432 g/mol. The van der Waals surface area contributed by atoms with Crippen molar-refractivity contribution in [3.63, 3.8) is 0 Å². The zero-order valence-electron chi connectivity index (χ0n) is 19.1. The maximum absolute atomic E-state index is 12.6. The van der Waals surface area contributed by atoms with Crippen molar-refractivity contribution in [2.24, 2.45) is 5.92 Å². The quantitative estimate of drug-likeness (QED) is 0.471. The van der Waals surface area contributed by atoms with Gasteiger partial charge in [-0.25, -0.2) is 0 Å². The number of nitrogens with zero attached hydrogens (tertiary/aromatic N) is 1. The minimum atomic E-state index is -0.873. The van der Waals surface area contributed by atoms with Gasteiger partial charge in [0.2, 0.25) is 0 Å². The van der Waals surface area contributed by atoms with Crippen LogP contribution < -0.4 is 0 Å². The highest BCUT2D eigenvalue weighted by molar-refractivity contribution is 7.86. The molecule has 174 valence electrons. The molecule has 5 rings (SSSR count). The zero-order chi connectivity index (χ0) is 22.8. The van der Waals surface area contributed by atoms with Gasteiger partial charge in [0, 0.05) is 41.2 Å². The molecule has 0 radical (unpaired) electrons. The van der Waals surface area contributed by atoms with E-state index in [1.54, 1.807) is 13.1 Å². The number of aromatic amines is 1. The summed E-state index contributed by atoms with van der Waals surface area (Å²) >= 11 is 0. The maximum Gasteiger partial charge on any atom is 0.0864 e. The van der Waals surface area contributed by atoms with Gasteiger partial charge in [-0.1, -0.05) is 18.2 Å². The van der Waals surface area contributed by atoms with E-state index < -0.39 is 16.9 Å². The molecule has 3 atom stereocenters. The second kappa shape index (κ2) is 9.92. The van der Waals surface area contributed by atoms with Crippen LogP contribution in [0.1, 0.15) is 67.9 Å². The van der Waals surface area contributed by atoms with E-state index in [1.165, 1.54) is 11.3 Å². The molecule has 3 aromatic rings. The van der Waals surface area contributed by atoms with Crippen molar-refractivity contribution < 1.29 is 14.1 Å². The molecule has 2 N–H and O–H groups in total. The van der Waals surface area contributed by atoms with Crippen LogP contribution in [-0.4, -0.2) is 37.7 Å². The number of benzene rings is 1. The van der Waals surface area contributed by atoms with Crippen molar-refractivity contribution in [3.8, 4) is 11.4 Å². The first-order chi connectivity index (χ1) is 16.1. The van der Waals surface area contributed by atoms with E-state index in [4.69, 9.17) is 4.74 Å². The zero-order valence-corrected chi connectivity index (χ0v) is 19.9. The van der Waals surface area contributed by atoms with Crippen LogP contribution in [0.25, 0.3) is 11.4 Å². The Morgan fingerprint density at radius 3 is 2.39 bits per heavy atom. The van der Waals surface area contributed by atoms with Crippen LogP contribution >= 0.6 is 0 Å². The summed E-state index contributed by atoms with van der Waals surface area (Å²) in [5, 5.41) is 10.1. The summed E-state index contributed by atoms with van der Waals surface area (Å²) in [6.07, 6.45) is 6.62. The number of aromatic nitrogens is 2. The molecule has 6 heteroatoms. The summed E-state index contributed by atoms with van der Waals surface area (Å²) in [6.45, 7) is 3.42. The van der Waals surface area contributed by atoms with Crippen LogP contribution in [0, 0.1) is 5.92 Å². The molecule has 1 aliphatic heterocycles. The van der Waals surface area contributed by atoms with Crippen molar-refractivity contribution >= 4 is 10.8 Å². The van der Waals surface area contributed by atoms with Crippen LogP contribution in [0.5, 0.6) is 0 Å². The van der Waals surface area contributed by atoms with Gasteiger partial charge in [-0.15, -0.1) is 0 Å². The lowest BCUT2D eigenvalue weighted by molar-refractivity contribution is 0.0626. The SMILES string of the molecule is CC(O)c1ccc(-c2ccc(C(CC3CCOCC3)c3ccc(S(=O)C4CC4)cc3)[nH]2)nc1. The normalized spacial score (nSPS) is 19.8. The summed E-state index contributed by atoms with van der Waals surface area (Å²) in [4.78, 5) is 9.10. The highest BCUT2D eigenvalue weighted by atomic mass is 32.2. The number of rotatable bonds is 8. The largest absolute Gasteiger partial charge is 0.389 e. The molecule has 3 heterocycles. The molecule has 2 aromatic heterocycles. The minimum Gasteiger partial charge on any atom is -0.389 e. The molecule has 1 aromatic carbocycles. The van der Waals surface area contributed by atoms with Gasteiger partial charge < -0.3 is 14.8 Å². The molecule has 33 heavy (non-hydrogen) atoms. The van der Waals surface area contributed by atoms with Gasteiger partial charge in [0.15, 0.2) is 0 Å². The molecule has 1 aliphatic carbocycles. The third kappa shape index (κ3) is 5.29. The average molecular weight is 465 g/mol. The van der Waals surface area contributed by atoms with E-state index in [9.17, 15) is 9.32 Å². The van der Waals surface area contributed by atoms with Crippen molar-refractivity contribution in [1.82, 2.24) is 9.97 Å². The molecule has 1 saturated heterocycles. The van der Waals surface area contributed by atoms with Crippen molar-refractivity contribution in [3.05, 3.63) is 71.5 Å². The van der Waals surface area contributed by atoms with Gasteiger partial charge in [0.25, 0.3) is 0 Å². The first-order valence-corrected chi connectivity index (χ1v) is 13.2. The topological polar surface area (TPSA) is 75.2 Å². The van der Waals surface area contributed by atoms with Crippen LogP contribution in [0.2, 0.25) is 0 Å². The number of aliphatic hydroxyl groups is 1. The van der Waals surface area contributed by atoms with Crippen LogP contribution in [0.3, 0.4) is 0 Å². The van der Waals surface area contributed by atoms with E-state index in [-0.39, 0.29) is 5.92 Å². The monoisotopic (exact) mass is 464 g/mol. The molecule has 0 amide bonds. The second-order valence-electron chi connectivity index (χ2n) is 9.39. The first-order valence-electron chi connectivity index (χ1n) is 12.0. The molecule has 1 saturated carbocycles. The number of H-pyrrole nitrogens is 1. The van der Waals surface area contributed by atoms with E-state index >= 15 is 0 Å². The first kappa shape index (κ1) is 22.5. The van der Waals surface area contributed by atoms with Crippen molar-refractivity contribution in [2.45, 2.75) is 61.2 Å². The van der Waals surface area contributed by atoms with E-state index in [2.05, 4.69) is 46.4 Å². The smallest absolute Gasteiger partial charge is 0.0864 e. The van der Waals surface area contributed by atoms with E-state index in [0.29, 0.717) is 11.2 Å².